The molecule has 6 heteroatoms. The van der Waals surface area contributed by atoms with Gasteiger partial charge in [-0.05, 0) is 24.5 Å². The summed E-state index contributed by atoms with van der Waals surface area (Å²) in [6.07, 6.45) is -1.44. The molecule has 3 nitrogen and oxygen atoms in total. The Balaban J connectivity index is 2.10. The van der Waals surface area contributed by atoms with E-state index >= 15 is 0 Å². The average molecular weight is 267 g/mol. The van der Waals surface area contributed by atoms with Crippen LogP contribution in [0.2, 0.25) is 0 Å². The number of fused-ring (bicyclic) bond motifs is 1. The van der Waals surface area contributed by atoms with E-state index in [9.17, 15) is 13.2 Å². The van der Waals surface area contributed by atoms with Gasteiger partial charge in [0.25, 0.3) is 0 Å². The summed E-state index contributed by atoms with van der Waals surface area (Å²) in [5.74, 6) is 0.303. The van der Waals surface area contributed by atoms with Crippen molar-refractivity contribution in [2.24, 2.45) is 0 Å². The maximum absolute atomic E-state index is 13.1. The summed E-state index contributed by atoms with van der Waals surface area (Å²) in [7, 11) is 0. The summed E-state index contributed by atoms with van der Waals surface area (Å²) in [6.45, 7) is 0.722. The number of alkyl halides is 3. The number of rotatable bonds is 1. The van der Waals surface area contributed by atoms with Crippen molar-refractivity contribution in [2.75, 3.05) is 0 Å². The maximum Gasteiger partial charge on any atom is 0.416 e. The van der Waals surface area contributed by atoms with Crippen LogP contribution in [0.5, 0.6) is 0 Å². The SMILES string of the molecule is FC(F)(F)c1ccccc1C1CCCn2ncnc21. The van der Waals surface area contributed by atoms with Crippen molar-refractivity contribution in [1.29, 1.82) is 0 Å². The molecule has 0 bridgehead atoms. The Kier molecular flexibility index (Phi) is 2.80. The molecule has 1 aliphatic heterocycles. The second kappa shape index (κ2) is 4.36. The van der Waals surface area contributed by atoms with Gasteiger partial charge in [0.05, 0.1) is 5.56 Å². The van der Waals surface area contributed by atoms with Gasteiger partial charge in [-0.2, -0.15) is 18.3 Å². The van der Waals surface area contributed by atoms with Crippen molar-refractivity contribution in [3.63, 3.8) is 0 Å². The summed E-state index contributed by atoms with van der Waals surface area (Å²) in [5, 5.41) is 4.05. The molecule has 0 saturated heterocycles. The fourth-order valence-corrected chi connectivity index (χ4v) is 2.64. The van der Waals surface area contributed by atoms with Gasteiger partial charge in [0.2, 0.25) is 0 Å². The Hall–Kier alpha value is -1.85. The number of aryl methyl sites for hydroxylation is 1. The molecule has 0 N–H and O–H groups in total. The lowest BCUT2D eigenvalue weighted by atomic mass is 9.88. The monoisotopic (exact) mass is 267 g/mol. The van der Waals surface area contributed by atoms with E-state index in [2.05, 4.69) is 10.1 Å². The lowest BCUT2D eigenvalue weighted by Gasteiger charge is -2.25. The van der Waals surface area contributed by atoms with E-state index in [1.54, 1.807) is 10.7 Å². The summed E-state index contributed by atoms with van der Waals surface area (Å²) >= 11 is 0. The summed E-state index contributed by atoms with van der Waals surface area (Å²) in [4.78, 5) is 4.12. The Bertz CT molecular complexity index is 589. The second-order valence-corrected chi connectivity index (χ2v) is 4.62. The molecule has 2 heterocycles. The first-order valence-electron chi connectivity index (χ1n) is 6.11. The van der Waals surface area contributed by atoms with Crippen LogP contribution in [0.15, 0.2) is 30.6 Å². The Morgan fingerprint density at radius 1 is 1.21 bits per heavy atom. The zero-order chi connectivity index (χ0) is 13.5. The molecule has 19 heavy (non-hydrogen) atoms. The zero-order valence-corrected chi connectivity index (χ0v) is 10.1. The minimum absolute atomic E-state index is 0.295. The molecule has 0 saturated carbocycles. The third kappa shape index (κ3) is 2.11. The Morgan fingerprint density at radius 3 is 2.79 bits per heavy atom. The van der Waals surface area contributed by atoms with Crippen molar-refractivity contribution in [1.82, 2.24) is 14.8 Å². The van der Waals surface area contributed by atoms with E-state index in [1.807, 2.05) is 0 Å². The Labute approximate surface area is 108 Å². The van der Waals surface area contributed by atoms with Crippen LogP contribution in [0, 0.1) is 0 Å². The molecule has 3 rings (SSSR count). The van der Waals surface area contributed by atoms with Crippen molar-refractivity contribution in [2.45, 2.75) is 31.5 Å². The van der Waals surface area contributed by atoms with Crippen LogP contribution in [0.1, 0.15) is 35.7 Å². The number of aromatic nitrogens is 3. The van der Waals surface area contributed by atoms with Gasteiger partial charge in [-0.1, -0.05) is 18.2 Å². The highest BCUT2D eigenvalue weighted by atomic mass is 19.4. The zero-order valence-electron chi connectivity index (χ0n) is 10.1. The van der Waals surface area contributed by atoms with Gasteiger partial charge in [-0.3, -0.25) is 0 Å². The molecule has 1 atom stereocenters. The van der Waals surface area contributed by atoms with Crippen LogP contribution in [-0.4, -0.2) is 14.8 Å². The molecule has 0 radical (unpaired) electrons. The van der Waals surface area contributed by atoms with Crippen molar-refractivity contribution >= 4 is 0 Å². The highest BCUT2D eigenvalue weighted by Crippen LogP contribution is 2.39. The van der Waals surface area contributed by atoms with Crippen LogP contribution in [0.25, 0.3) is 0 Å². The number of nitrogens with zero attached hydrogens (tertiary/aromatic N) is 3. The first kappa shape index (κ1) is 12.2. The van der Waals surface area contributed by atoms with Crippen LogP contribution < -0.4 is 0 Å². The molecule has 0 aliphatic carbocycles. The van der Waals surface area contributed by atoms with Gasteiger partial charge < -0.3 is 0 Å². The van der Waals surface area contributed by atoms with E-state index in [-0.39, 0.29) is 5.92 Å². The molecule has 0 fully saturated rings. The third-order valence-corrected chi connectivity index (χ3v) is 3.46. The lowest BCUT2D eigenvalue weighted by Crippen LogP contribution is -2.21. The summed E-state index contributed by atoms with van der Waals surface area (Å²) in [5.41, 5.74) is -0.277. The molecular formula is C13H12F3N3. The Morgan fingerprint density at radius 2 is 2.00 bits per heavy atom. The highest BCUT2D eigenvalue weighted by molar-refractivity contribution is 5.36. The van der Waals surface area contributed by atoms with Crippen molar-refractivity contribution < 1.29 is 13.2 Å². The quantitative estimate of drug-likeness (QED) is 0.794. The van der Waals surface area contributed by atoms with E-state index in [4.69, 9.17) is 0 Å². The summed E-state index contributed by atoms with van der Waals surface area (Å²) in [6, 6.07) is 5.72. The lowest BCUT2D eigenvalue weighted by molar-refractivity contribution is -0.138. The second-order valence-electron chi connectivity index (χ2n) is 4.62. The van der Waals surface area contributed by atoms with Crippen molar-refractivity contribution in [3.8, 4) is 0 Å². The highest BCUT2D eigenvalue weighted by Gasteiger charge is 2.36. The average Bonchev–Trinajstić information content (AvgIpc) is 2.85. The van der Waals surface area contributed by atoms with E-state index < -0.39 is 11.7 Å². The predicted octanol–water partition coefficient (Wildman–Crippen LogP) is 3.22. The molecule has 1 aromatic heterocycles. The number of benzene rings is 1. The molecule has 0 spiro atoms. The standard InChI is InChI=1S/C13H12F3N3/c14-13(15,16)11-6-2-1-4-9(11)10-5-3-7-19-12(10)17-8-18-19/h1-2,4,6,8,10H,3,5,7H2. The minimum atomic E-state index is -4.33. The summed E-state index contributed by atoms with van der Waals surface area (Å²) < 4.78 is 40.9. The number of halogens is 3. The molecule has 0 amide bonds. The largest absolute Gasteiger partial charge is 0.416 e. The smallest absolute Gasteiger partial charge is 0.249 e. The number of hydrogen-bond acceptors (Lipinski definition) is 2. The minimum Gasteiger partial charge on any atom is -0.249 e. The third-order valence-electron chi connectivity index (χ3n) is 3.46. The maximum atomic E-state index is 13.1. The van der Waals surface area contributed by atoms with Gasteiger partial charge in [0.15, 0.2) is 0 Å². The van der Waals surface area contributed by atoms with E-state index in [1.165, 1.54) is 18.5 Å². The van der Waals surface area contributed by atoms with Gasteiger partial charge in [0.1, 0.15) is 12.2 Å². The fraction of sp³-hybridized carbons (Fsp3) is 0.385. The van der Waals surface area contributed by atoms with Gasteiger partial charge in [-0.25, -0.2) is 9.67 Å². The van der Waals surface area contributed by atoms with E-state index in [0.29, 0.717) is 17.8 Å². The van der Waals surface area contributed by atoms with Crippen LogP contribution in [-0.2, 0) is 12.7 Å². The van der Waals surface area contributed by atoms with Gasteiger partial charge in [0, 0.05) is 12.5 Å². The molecule has 1 aliphatic rings. The number of hydrogen-bond donors (Lipinski definition) is 0. The van der Waals surface area contributed by atoms with E-state index in [0.717, 1.165) is 19.0 Å². The molecule has 100 valence electrons. The van der Waals surface area contributed by atoms with Gasteiger partial charge in [-0.15, -0.1) is 0 Å². The predicted molar refractivity (Wildman–Crippen MR) is 62.5 cm³/mol. The molecular weight excluding hydrogens is 255 g/mol. The first-order chi connectivity index (χ1) is 9.07. The molecule has 1 unspecified atom stereocenters. The van der Waals surface area contributed by atoms with Crippen LogP contribution in [0.4, 0.5) is 13.2 Å². The fourth-order valence-electron chi connectivity index (χ4n) is 2.64. The van der Waals surface area contributed by atoms with Crippen LogP contribution in [0.3, 0.4) is 0 Å². The first-order valence-corrected chi connectivity index (χ1v) is 6.11. The van der Waals surface area contributed by atoms with Crippen LogP contribution >= 0.6 is 0 Å². The van der Waals surface area contributed by atoms with Gasteiger partial charge >= 0.3 is 6.18 Å². The van der Waals surface area contributed by atoms with Crippen molar-refractivity contribution in [3.05, 3.63) is 47.5 Å². The topological polar surface area (TPSA) is 30.7 Å². The molecule has 2 aromatic rings. The normalized spacial score (nSPS) is 19.2. The molecule has 1 aromatic carbocycles.